The molecule has 1 atom stereocenters. The van der Waals surface area contributed by atoms with E-state index in [1.165, 1.54) is 5.56 Å². The van der Waals surface area contributed by atoms with Crippen molar-refractivity contribution in [3.8, 4) is 0 Å². The smallest absolute Gasteiger partial charge is 0.254 e. The van der Waals surface area contributed by atoms with Gasteiger partial charge in [0.1, 0.15) is 6.54 Å². The minimum Gasteiger partial charge on any atom is -0.353 e. The summed E-state index contributed by atoms with van der Waals surface area (Å²) >= 11 is 0. The molecule has 1 fully saturated rings. The van der Waals surface area contributed by atoms with Gasteiger partial charge in [-0.1, -0.05) is 32.4 Å². The molecule has 0 radical (unpaired) electrons. The van der Waals surface area contributed by atoms with Crippen LogP contribution in [0.1, 0.15) is 74.5 Å². The molecule has 0 N–H and O–H groups in total. The van der Waals surface area contributed by atoms with Gasteiger partial charge in [0.15, 0.2) is 0 Å². The van der Waals surface area contributed by atoms with Crippen molar-refractivity contribution < 1.29 is 9.59 Å². The van der Waals surface area contributed by atoms with E-state index >= 15 is 0 Å². The Balaban J connectivity index is 1.73. The first-order chi connectivity index (χ1) is 14.9. The van der Waals surface area contributed by atoms with Gasteiger partial charge in [-0.05, 0) is 68.9 Å². The van der Waals surface area contributed by atoms with Crippen LogP contribution in [0.25, 0.3) is 0 Å². The maximum Gasteiger partial charge on any atom is 0.254 e. The lowest BCUT2D eigenvalue weighted by atomic mass is 10.0. The van der Waals surface area contributed by atoms with E-state index in [4.69, 9.17) is 0 Å². The van der Waals surface area contributed by atoms with Crippen LogP contribution < -0.4 is 0 Å². The fourth-order valence-electron chi connectivity index (χ4n) is 3.89. The number of aromatic nitrogens is 1. The second-order valence-electron chi connectivity index (χ2n) is 8.85. The van der Waals surface area contributed by atoms with Crippen molar-refractivity contribution in [2.45, 2.75) is 77.9 Å². The first-order valence-electron chi connectivity index (χ1n) is 11.7. The third-order valence-electron chi connectivity index (χ3n) is 6.40. The molecular weight excluding hydrogens is 386 g/mol. The molecule has 0 aliphatic heterocycles. The summed E-state index contributed by atoms with van der Waals surface area (Å²) in [4.78, 5) is 30.4. The van der Waals surface area contributed by atoms with Crippen LogP contribution in [0.5, 0.6) is 0 Å². The Morgan fingerprint density at radius 3 is 2.39 bits per heavy atom. The summed E-state index contributed by atoms with van der Waals surface area (Å²) in [6, 6.07) is 12.3. The number of nitrogens with zero attached hydrogens (tertiary/aromatic N) is 3. The predicted molar refractivity (Wildman–Crippen MR) is 125 cm³/mol. The van der Waals surface area contributed by atoms with E-state index in [2.05, 4.69) is 24.5 Å². The molecule has 0 saturated heterocycles. The SMILES string of the molecule is CCCCc1ccc(C(=O)N(CC(=O)N(Cc2cccn2C)C2CC2)[C@H](C)CC)cc1. The van der Waals surface area contributed by atoms with Crippen molar-refractivity contribution >= 4 is 11.8 Å². The first-order valence-corrected chi connectivity index (χ1v) is 11.7. The van der Waals surface area contributed by atoms with Crippen molar-refractivity contribution in [1.29, 1.82) is 0 Å². The van der Waals surface area contributed by atoms with Gasteiger partial charge in [-0.3, -0.25) is 9.59 Å². The Labute approximate surface area is 187 Å². The highest BCUT2D eigenvalue weighted by molar-refractivity contribution is 5.96. The van der Waals surface area contributed by atoms with Crippen LogP contribution in [-0.4, -0.2) is 44.8 Å². The van der Waals surface area contributed by atoms with Gasteiger partial charge in [-0.15, -0.1) is 0 Å². The van der Waals surface area contributed by atoms with E-state index in [1.54, 1.807) is 4.90 Å². The van der Waals surface area contributed by atoms with Crippen molar-refractivity contribution in [1.82, 2.24) is 14.4 Å². The average Bonchev–Trinajstić information content (AvgIpc) is 3.55. The molecule has 2 amide bonds. The largest absolute Gasteiger partial charge is 0.353 e. The molecule has 3 rings (SSSR count). The van der Waals surface area contributed by atoms with E-state index in [0.717, 1.165) is 44.2 Å². The van der Waals surface area contributed by atoms with Gasteiger partial charge in [0.05, 0.1) is 6.54 Å². The quantitative estimate of drug-likeness (QED) is 0.521. The lowest BCUT2D eigenvalue weighted by Crippen LogP contribution is -2.47. The Bertz CT molecular complexity index is 867. The van der Waals surface area contributed by atoms with Gasteiger partial charge < -0.3 is 14.4 Å². The fraction of sp³-hybridized carbons (Fsp3) is 0.538. The standard InChI is InChI=1S/C26H37N3O2/c1-5-7-9-21-11-13-22(14-12-21)26(31)28(20(3)6-2)19-25(30)29(23-15-16-23)18-24-10-8-17-27(24)4/h8,10-14,17,20,23H,5-7,9,15-16,18-19H2,1-4H3/t20-/m1/s1. The monoisotopic (exact) mass is 423 g/mol. The van der Waals surface area contributed by atoms with E-state index < -0.39 is 0 Å². The molecule has 1 aromatic carbocycles. The van der Waals surface area contributed by atoms with Crippen molar-refractivity contribution in [2.75, 3.05) is 6.54 Å². The normalized spacial score (nSPS) is 14.3. The topological polar surface area (TPSA) is 45.6 Å². The second-order valence-corrected chi connectivity index (χ2v) is 8.85. The minimum absolute atomic E-state index is 0.00677. The Morgan fingerprint density at radius 1 is 1.13 bits per heavy atom. The number of carbonyl (C=O) groups is 2. The average molecular weight is 424 g/mol. The van der Waals surface area contributed by atoms with Gasteiger partial charge in [0.25, 0.3) is 5.91 Å². The first kappa shape index (κ1) is 23.1. The summed E-state index contributed by atoms with van der Waals surface area (Å²) in [5, 5.41) is 0. The van der Waals surface area contributed by atoms with Gasteiger partial charge in [-0.25, -0.2) is 0 Å². The number of amides is 2. The number of rotatable bonds is 11. The molecule has 1 aliphatic carbocycles. The molecular formula is C26H37N3O2. The summed E-state index contributed by atoms with van der Waals surface area (Å²) in [5.74, 6) is -0.0173. The van der Waals surface area contributed by atoms with Crippen LogP contribution in [0.15, 0.2) is 42.6 Å². The van der Waals surface area contributed by atoms with Crippen molar-refractivity contribution in [2.24, 2.45) is 7.05 Å². The molecule has 1 saturated carbocycles. The molecule has 0 unspecified atom stereocenters. The lowest BCUT2D eigenvalue weighted by Gasteiger charge is -2.31. The van der Waals surface area contributed by atoms with Crippen LogP contribution >= 0.6 is 0 Å². The van der Waals surface area contributed by atoms with E-state index in [9.17, 15) is 9.59 Å². The zero-order valence-corrected chi connectivity index (χ0v) is 19.5. The summed E-state index contributed by atoms with van der Waals surface area (Å²) < 4.78 is 2.06. The van der Waals surface area contributed by atoms with Crippen molar-refractivity contribution in [3.05, 3.63) is 59.4 Å². The van der Waals surface area contributed by atoms with Gasteiger partial charge in [0.2, 0.25) is 5.91 Å². The number of carbonyl (C=O) groups excluding carboxylic acids is 2. The number of aryl methyl sites for hydroxylation is 2. The molecule has 5 heteroatoms. The van der Waals surface area contributed by atoms with E-state index in [1.807, 2.05) is 55.4 Å². The van der Waals surface area contributed by atoms with Crippen LogP contribution in [0, 0.1) is 0 Å². The number of unbranched alkanes of at least 4 members (excludes halogenated alkanes) is 1. The Morgan fingerprint density at radius 2 is 1.84 bits per heavy atom. The zero-order valence-electron chi connectivity index (χ0n) is 19.5. The van der Waals surface area contributed by atoms with E-state index in [-0.39, 0.29) is 24.4 Å². The molecule has 1 heterocycles. The van der Waals surface area contributed by atoms with Gasteiger partial charge in [0, 0.05) is 36.6 Å². The van der Waals surface area contributed by atoms with Crippen LogP contribution in [0.3, 0.4) is 0 Å². The fourth-order valence-corrected chi connectivity index (χ4v) is 3.89. The maximum atomic E-state index is 13.3. The van der Waals surface area contributed by atoms with E-state index in [0.29, 0.717) is 18.2 Å². The lowest BCUT2D eigenvalue weighted by molar-refractivity contribution is -0.133. The Hall–Kier alpha value is -2.56. The summed E-state index contributed by atoms with van der Waals surface area (Å²) in [6.07, 6.45) is 8.26. The summed E-state index contributed by atoms with van der Waals surface area (Å²) in [6.45, 7) is 7.00. The van der Waals surface area contributed by atoms with Crippen molar-refractivity contribution in [3.63, 3.8) is 0 Å². The van der Waals surface area contributed by atoms with Crippen LogP contribution in [-0.2, 0) is 24.8 Å². The predicted octanol–water partition coefficient (Wildman–Crippen LogP) is 4.80. The Kier molecular flexibility index (Phi) is 7.94. The molecule has 168 valence electrons. The molecule has 2 aromatic rings. The van der Waals surface area contributed by atoms with Gasteiger partial charge >= 0.3 is 0 Å². The molecule has 5 nitrogen and oxygen atoms in total. The molecule has 1 aromatic heterocycles. The highest BCUT2D eigenvalue weighted by atomic mass is 16.2. The third kappa shape index (κ3) is 5.99. The molecule has 31 heavy (non-hydrogen) atoms. The second kappa shape index (κ2) is 10.7. The number of hydrogen-bond acceptors (Lipinski definition) is 2. The number of benzene rings is 1. The molecule has 0 spiro atoms. The number of hydrogen-bond donors (Lipinski definition) is 0. The molecule has 0 bridgehead atoms. The highest BCUT2D eigenvalue weighted by Gasteiger charge is 2.35. The van der Waals surface area contributed by atoms with Crippen LogP contribution in [0.4, 0.5) is 0 Å². The zero-order chi connectivity index (χ0) is 22.4. The third-order valence-corrected chi connectivity index (χ3v) is 6.40. The molecule has 1 aliphatic rings. The van der Waals surface area contributed by atoms with Gasteiger partial charge in [-0.2, -0.15) is 0 Å². The summed E-state index contributed by atoms with van der Waals surface area (Å²) in [5.41, 5.74) is 3.03. The highest BCUT2D eigenvalue weighted by Crippen LogP contribution is 2.29. The summed E-state index contributed by atoms with van der Waals surface area (Å²) in [7, 11) is 2.00. The van der Waals surface area contributed by atoms with Crippen LogP contribution in [0.2, 0.25) is 0 Å². The minimum atomic E-state index is -0.0562. The maximum absolute atomic E-state index is 13.3.